The number of benzene rings is 2. The van der Waals surface area contributed by atoms with Gasteiger partial charge in [-0.3, -0.25) is 9.52 Å². The van der Waals surface area contributed by atoms with Crippen LogP contribution in [0.3, 0.4) is 0 Å². The van der Waals surface area contributed by atoms with Gasteiger partial charge < -0.3 is 10.1 Å². The number of sulfonamides is 1. The van der Waals surface area contributed by atoms with Gasteiger partial charge in [-0.1, -0.05) is 24.3 Å². The lowest BCUT2D eigenvalue weighted by Crippen LogP contribution is -2.15. The molecule has 0 aliphatic carbocycles. The number of nitrogens with one attached hydrogen (secondary N) is 2. The van der Waals surface area contributed by atoms with Crippen molar-refractivity contribution in [3.8, 4) is 11.8 Å². The van der Waals surface area contributed by atoms with E-state index in [1.165, 1.54) is 49.7 Å². The molecule has 0 bridgehead atoms. The number of para-hydroxylation sites is 1. The maximum atomic E-state index is 12.5. The van der Waals surface area contributed by atoms with Crippen LogP contribution in [0.25, 0.3) is 6.08 Å². The molecule has 9 heteroatoms. The first-order valence-corrected chi connectivity index (χ1v) is 10.5. The molecule has 0 atom stereocenters. The van der Waals surface area contributed by atoms with Crippen LogP contribution >= 0.6 is 0 Å². The predicted octanol–water partition coefficient (Wildman–Crippen LogP) is 3.44. The molecule has 0 aliphatic heterocycles. The molecule has 2 aromatic carbocycles. The van der Waals surface area contributed by atoms with E-state index in [4.69, 9.17) is 4.74 Å². The summed E-state index contributed by atoms with van der Waals surface area (Å²) in [6, 6.07) is 19.3. The van der Waals surface area contributed by atoms with Gasteiger partial charge in [0.05, 0.1) is 12.0 Å². The number of aromatic nitrogens is 1. The highest BCUT2D eigenvalue weighted by Crippen LogP contribution is 2.21. The van der Waals surface area contributed by atoms with Crippen LogP contribution < -0.4 is 14.8 Å². The SMILES string of the molecule is COc1ccccc1/C=C(\C#N)C(=O)Nc1ccc(S(=O)(=O)Nc2ccccn2)cc1. The standard InChI is InChI=1S/C22H18N4O4S/c1-30-20-7-3-2-6-16(20)14-17(15-23)22(27)25-18-9-11-19(12-10-18)31(28,29)26-21-8-4-5-13-24-21/h2-14H,1H3,(H,24,26)(H,25,27)/b17-14+. The summed E-state index contributed by atoms with van der Waals surface area (Å²) in [6.45, 7) is 0. The van der Waals surface area contributed by atoms with Gasteiger partial charge in [0.25, 0.3) is 15.9 Å². The number of rotatable bonds is 7. The number of amides is 1. The van der Waals surface area contributed by atoms with E-state index in [9.17, 15) is 18.5 Å². The van der Waals surface area contributed by atoms with E-state index in [0.717, 1.165) is 0 Å². The highest BCUT2D eigenvalue weighted by atomic mass is 32.2. The molecule has 2 N–H and O–H groups in total. The maximum absolute atomic E-state index is 12.5. The van der Waals surface area contributed by atoms with E-state index >= 15 is 0 Å². The lowest BCUT2D eigenvalue weighted by Gasteiger charge is -2.09. The van der Waals surface area contributed by atoms with Gasteiger partial charge in [0.1, 0.15) is 23.2 Å². The monoisotopic (exact) mass is 434 g/mol. The number of hydrogen-bond donors (Lipinski definition) is 2. The number of pyridine rings is 1. The van der Waals surface area contributed by atoms with Gasteiger partial charge in [-0.2, -0.15) is 5.26 Å². The van der Waals surface area contributed by atoms with E-state index in [0.29, 0.717) is 17.0 Å². The summed E-state index contributed by atoms with van der Waals surface area (Å²) < 4.78 is 32.5. The van der Waals surface area contributed by atoms with Crippen LogP contribution in [0.4, 0.5) is 11.5 Å². The Morgan fingerprint density at radius 1 is 1.06 bits per heavy atom. The summed E-state index contributed by atoms with van der Waals surface area (Å²) in [6.07, 6.45) is 2.89. The van der Waals surface area contributed by atoms with Gasteiger partial charge in [0.15, 0.2) is 0 Å². The van der Waals surface area contributed by atoms with E-state index in [1.807, 2.05) is 6.07 Å². The second kappa shape index (κ2) is 9.56. The lowest BCUT2D eigenvalue weighted by molar-refractivity contribution is -0.112. The molecule has 0 saturated heterocycles. The summed E-state index contributed by atoms with van der Waals surface area (Å²) in [5, 5.41) is 12.0. The number of nitrogens with zero attached hydrogens (tertiary/aromatic N) is 2. The van der Waals surface area contributed by atoms with Crippen molar-refractivity contribution >= 4 is 33.5 Å². The van der Waals surface area contributed by atoms with Gasteiger partial charge in [-0.15, -0.1) is 0 Å². The molecule has 3 rings (SSSR count). The quantitative estimate of drug-likeness (QED) is 0.434. The first-order valence-electron chi connectivity index (χ1n) is 9.03. The molecule has 1 aromatic heterocycles. The zero-order valence-corrected chi connectivity index (χ0v) is 17.3. The molecule has 0 fully saturated rings. The smallest absolute Gasteiger partial charge is 0.266 e. The van der Waals surface area contributed by atoms with Crippen molar-refractivity contribution in [2.45, 2.75) is 4.90 Å². The Bertz CT molecular complexity index is 1250. The summed E-state index contributed by atoms with van der Waals surface area (Å²) in [7, 11) is -2.33. The van der Waals surface area contributed by atoms with Crippen molar-refractivity contribution in [2.75, 3.05) is 17.1 Å². The molecule has 1 heterocycles. The molecular weight excluding hydrogens is 416 g/mol. The topological polar surface area (TPSA) is 121 Å². The molecule has 1 amide bonds. The third kappa shape index (κ3) is 5.46. The maximum Gasteiger partial charge on any atom is 0.266 e. The summed E-state index contributed by atoms with van der Waals surface area (Å²) in [4.78, 5) is 16.4. The van der Waals surface area contributed by atoms with Gasteiger partial charge in [-0.05, 0) is 48.5 Å². The minimum absolute atomic E-state index is 0.00113. The Balaban J connectivity index is 1.75. The summed E-state index contributed by atoms with van der Waals surface area (Å²) in [5.41, 5.74) is 0.791. The van der Waals surface area contributed by atoms with Crippen molar-refractivity contribution in [1.29, 1.82) is 5.26 Å². The second-order valence-corrected chi connectivity index (χ2v) is 7.89. The Hall–Kier alpha value is -4.16. The van der Waals surface area contributed by atoms with Crippen LogP contribution in [0.15, 0.2) is 83.4 Å². The Morgan fingerprint density at radius 2 is 1.77 bits per heavy atom. The van der Waals surface area contributed by atoms with E-state index in [2.05, 4.69) is 15.0 Å². The van der Waals surface area contributed by atoms with Crippen LogP contribution in [-0.4, -0.2) is 26.4 Å². The molecule has 156 valence electrons. The molecule has 31 heavy (non-hydrogen) atoms. The zero-order chi connectivity index (χ0) is 22.3. The molecule has 0 aliphatic rings. The minimum Gasteiger partial charge on any atom is -0.496 e. The highest BCUT2D eigenvalue weighted by Gasteiger charge is 2.16. The van der Waals surface area contributed by atoms with Crippen molar-refractivity contribution < 1.29 is 17.9 Å². The minimum atomic E-state index is -3.83. The molecule has 8 nitrogen and oxygen atoms in total. The van der Waals surface area contributed by atoms with Gasteiger partial charge in [-0.25, -0.2) is 13.4 Å². The molecule has 0 radical (unpaired) electrons. The Morgan fingerprint density at radius 3 is 2.42 bits per heavy atom. The molecular formula is C22H18N4O4S. The molecule has 0 spiro atoms. The largest absolute Gasteiger partial charge is 0.496 e. The van der Waals surface area contributed by atoms with Crippen LogP contribution in [-0.2, 0) is 14.8 Å². The highest BCUT2D eigenvalue weighted by molar-refractivity contribution is 7.92. The number of methoxy groups -OCH3 is 1. The number of carbonyl (C=O) groups excluding carboxylic acids is 1. The fourth-order valence-electron chi connectivity index (χ4n) is 2.63. The first kappa shape index (κ1) is 21.5. The number of anilines is 2. The third-order valence-electron chi connectivity index (χ3n) is 4.13. The van der Waals surface area contributed by atoms with Gasteiger partial charge in [0, 0.05) is 17.4 Å². The van der Waals surface area contributed by atoms with Crippen LogP contribution in [0.5, 0.6) is 5.75 Å². The fourth-order valence-corrected chi connectivity index (χ4v) is 3.63. The second-order valence-electron chi connectivity index (χ2n) is 6.21. The molecule has 3 aromatic rings. The number of hydrogen-bond acceptors (Lipinski definition) is 6. The zero-order valence-electron chi connectivity index (χ0n) is 16.4. The predicted molar refractivity (Wildman–Crippen MR) is 117 cm³/mol. The fraction of sp³-hybridized carbons (Fsp3) is 0.0455. The van der Waals surface area contributed by atoms with Crippen molar-refractivity contribution in [1.82, 2.24) is 4.98 Å². The van der Waals surface area contributed by atoms with E-state index in [-0.39, 0.29) is 16.3 Å². The number of ether oxygens (including phenoxy) is 1. The van der Waals surface area contributed by atoms with E-state index < -0.39 is 15.9 Å². The number of nitriles is 1. The van der Waals surface area contributed by atoms with Crippen molar-refractivity contribution in [3.05, 3.63) is 84.1 Å². The molecule has 0 unspecified atom stereocenters. The van der Waals surface area contributed by atoms with Crippen LogP contribution in [0, 0.1) is 11.3 Å². The lowest BCUT2D eigenvalue weighted by atomic mass is 10.1. The number of carbonyl (C=O) groups is 1. The van der Waals surface area contributed by atoms with Crippen molar-refractivity contribution in [2.24, 2.45) is 0 Å². The Labute approximate surface area is 179 Å². The summed E-state index contributed by atoms with van der Waals surface area (Å²) in [5.74, 6) is 0.0913. The summed E-state index contributed by atoms with van der Waals surface area (Å²) >= 11 is 0. The van der Waals surface area contributed by atoms with Crippen molar-refractivity contribution in [3.63, 3.8) is 0 Å². The Kier molecular flexibility index (Phi) is 6.64. The normalized spacial score (nSPS) is 11.3. The van der Waals surface area contributed by atoms with Crippen LogP contribution in [0.2, 0.25) is 0 Å². The van der Waals surface area contributed by atoms with Gasteiger partial charge in [0.2, 0.25) is 0 Å². The molecule has 0 saturated carbocycles. The third-order valence-corrected chi connectivity index (χ3v) is 5.50. The average molecular weight is 434 g/mol. The van der Waals surface area contributed by atoms with E-state index in [1.54, 1.807) is 36.4 Å². The van der Waals surface area contributed by atoms with Gasteiger partial charge >= 0.3 is 0 Å². The average Bonchev–Trinajstić information content (AvgIpc) is 2.78. The first-order chi connectivity index (χ1) is 14.9. The van der Waals surface area contributed by atoms with Crippen LogP contribution in [0.1, 0.15) is 5.56 Å².